The number of nitriles is 1. The number of nitrogens with two attached hydrogens (primary N) is 1. The Labute approximate surface area is 144 Å². The minimum atomic E-state index is -1.12. The molecule has 0 spiro atoms. The van der Waals surface area contributed by atoms with Gasteiger partial charge in [0.1, 0.15) is 5.84 Å². The summed E-state index contributed by atoms with van der Waals surface area (Å²) in [5.74, 6) is -2.08. The number of carbonyl (C=O) groups is 3. The van der Waals surface area contributed by atoms with Gasteiger partial charge >= 0.3 is 5.97 Å². The number of nitrogen functional groups attached to an aromatic ring is 1. The predicted molar refractivity (Wildman–Crippen MR) is 89.7 cm³/mol. The summed E-state index contributed by atoms with van der Waals surface area (Å²) < 4.78 is 0. The zero-order valence-electron chi connectivity index (χ0n) is 13.4. The molecule has 0 aliphatic rings. The number of benzene rings is 1. The van der Waals surface area contributed by atoms with E-state index < -0.39 is 17.9 Å². The maximum atomic E-state index is 11.8. The number of carboxylic acids is 1. The van der Waals surface area contributed by atoms with E-state index in [0.717, 1.165) is 0 Å². The van der Waals surface area contributed by atoms with Crippen LogP contribution in [0.15, 0.2) is 24.3 Å². The van der Waals surface area contributed by atoms with Gasteiger partial charge in [0.25, 0.3) is 0 Å². The van der Waals surface area contributed by atoms with Crippen LogP contribution in [0.25, 0.3) is 0 Å². The van der Waals surface area contributed by atoms with E-state index in [1.807, 2.05) is 6.07 Å². The second kappa shape index (κ2) is 9.67. The first kappa shape index (κ1) is 19.6. The van der Waals surface area contributed by atoms with Crippen molar-refractivity contribution in [1.82, 2.24) is 5.32 Å². The molecule has 9 heteroatoms. The second-order valence-electron chi connectivity index (χ2n) is 5.26. The van der Waals surface area contributed by atoms with Gasteiger partial charge in [-0.3, -0.25) is 19.8 Å². The third-order valence-corrected chi connectivity index (χ3v) is 3.18. The number of amidine groups is 1. The van der Waals surface area contributed by atoms with Crippen molar-refractivity contribution in [3.05, 3.63) is 29.8 Å². The van der Waals surface area contributed by atoms with E-state index in [1.54, 1.807) is 24.3 Å². The number of hydrogen-bond donors (Lipinski definition) is 5. The van der Waals surface area contributed by atoms with Crippen LogP contribution in [0.3, 0.4) is 0 Å². The van der Waals surface area contributed by atoms with E-state index in [9.17, 15) is 14.4 Å². The topological polar surface area (TPSA) is 169 Å². The van der Waals surface area contributed by atoms with Crippen LogP contribution in [-0.2, 0) is 14.4 Å². The Morgan fingerprint density at radius 3 is 2.32 bits per heavy atom. The van der Waals surface area contributed by atoms with E-state index in [-0.39, 0.29) is 37.4 Å². The summed E-state index contributed by atoms with van der Waals surface area (Å²) >= 11 is 0. The van der Waals surface area contributed by atoms with Crippen LogP contribution < -0.4 is 16.4 Å². The number of nitrogens with one attached hydrogen (secondary N) is 3. The third-order valence-electron chi connectivity index (χ3n) is 3.18. The van der Waals surface area contributed by atoms with Crippen molar-refractivity contribution in [1.29, 1.82) is 10.7 Å². The van der Waals surface area contributed by atoms with Crippen LogP contribution in [0.5, 0.6) is 0 Å². The molecular formula is C16H19N5O4. The highest BCUT2D eigenvalue weighted by Crippen LogP contribution is 2.10. The molecule has 0 radical (unpaired) electrons. The minimum absolute atomic E-state index is 0.0807. The molecule has 0 saturated heterocycles. The van der Waals surface area contributed by atoms with E-state index in [0.29, 0.717) is 11.3 Å². The Balaban J connectivity index is 2.44. The average molecular weight is 345 g/mol. The van der Waals surface area contributed by atoms with E-state index in [1.165, 1.54) is 0 Å². The van der Waals surface area contributed by atoms with Crippen LogP contribution in [0.4, 0.5) is 5.69 Å². The molecule has 0 aliphatic carbocycles. The van der Waals surface area contributed by atoms with Crippen molar-refractivity contribution in [2.24, 2.45) is 5.73 Å². The summed E-state index contributed by atoms with van der Waals surface area (Å²) in [5.41, 5.74) is 6.36. The molecule has 0 bridgehead atoms. The van der Waals surface area contributed by atoms with Crippen LogP contribution in [0.1, 0.15) is 31.2 Å². The van der Waals surface area contributed by atoms with E-state index in [4.69, 9.17) is 21.5 Å². The third kappa shape index (κ3) is 7.60. The maximum absolute atomic E-state index is 11.8. The molecule has 0 aliphatic heterocycles. The standard InChI is InChI=1S/C16H19N5O4/c17-8-7-12(9-15(24)25)21-14(23)6-5-13(22)20-11-3-1-10(2-4-11)16(18)19/h1-4,12H,5-7,9H2,(H3,18,19)(H,20,22)(H,21,23)(H,24,25)/t12-/m1/s1. The van der Waals surface area contributed by atoms with Crippen LogP contribution >= 0.6 is 0 Å². The summed E-state index contributed by atoms with van der Waals surface area (Å²) in [6, 6.07) is 7.38. The highest BCUT2D eigenvalue weighted by atomic mass is 16.4. The molecule has 6 N–H and O–H groups in total. The SMILES string of the molecule is N#CC[C@H](CC(=O)O)NC(=O)CCC(=O)Nc1ccc(C(=N)N)cc1. The second-order valence-corrected chi connectivity index (χ2v) is 5.26. The molecule has 0 heterocycles. The molecule has 0 fully saturated rings. The first-order valence-electron chi connectivity index (χ1n) is 7.44. The zero-order valence-corrected chi connectivity index (χ0v) is 13.4. The van der Waals surface area contributed by atoms with E-state index in [2.05, 4.69) is 10.6 Å². The minimum Gasteiger partial charge on any atom is -0.481 e. The Bertz CT molecular complexity index is 693. The number of carboxylic acid groups (broad SMARTS) is 1. The van der Waals surface area contributed by atoms with Crippen molar-refractivity contribution in [2.75, 3.05) is 5.32 Å². The fourth-order valence-electron chi connectivity index (χ4n) is 1.98. The van der Waals surface area contributed by atoms with Gasteiger partial charge in [0.15, 0.2) is 0 Å². The normalized spacial score (nSPS) is 11.0. The van der Waals surface area contributed by atoms with E-state index >= 15 is 0 Å². The van der Waals surface area contributed by atoms with Crippen LogP contribution in [-0.4, -0.2) is 34.8 Å². The molecule has 0 saturated carbocycles. The molecule has 2 amide bonds. The number of hydrogen-bond acceptors (Lipinski definition) is 5. The number of anilines is 1. The largest absolute Gasteiger partial charge is 0.481 e. The zero-order chi connectivity index (χ0) is 18.8. The van der Waals surface area contributed by atoms with Gasteiger partial charge < -0.3 is 21.5 Å². The first-order chi connectivity index (χ1) is 11.8. The van der Waals surface area contributed by atoms with Gasteiger partial charge in [-0.1, -0.05) is 0 Å². The summed E-state index contributed by atoms with van der Waals surface area (Å²) in [4.78, 5) is 34.2. The smallest absolute Gasteiger partial charge is 0.305 e. The first-order valence-corrected chi connectivity index (χ1v) is 7.44. The highest BCUT2D eigenvalue weighted by molar-refractivity contribution is 5.96. The van der Waals surface area contributed by atoms with Crippen molar-refractivity contribution < 1.29 is 19.5 Å². The number of rotatable bonds is 9. The average Bonchev–Trinajstić information content (AvgIpc) is 2.53. The molecule has 1 atom stereocenters. The van der Waals surface area contributed by atoms with Gasteiger partial charge in [0.2, 0.25) is 11.8 Å². The Hall–Kier alpha value is -3.41. The number of nitrogens with zero attached hydrogens (tertiary/aromatic N) is 1. The lowest BCUT2D eigenvalue weighted by Gasteiger charge is -2.13. The lowest BCUT2D eigenvalue weighted by molar-refractivity contribution is -0.137. The quantitative estimate of drug-likeness (QED) is 0.323. The molecule has 9 nitrogen and oxygen atoms in total. The summed E-state index contributed by atoms with van der Waals surface area (Å²) in [6.45, 7) is 0. The van der Waals surface area contributed by atoms with Crippen LogP contribution in [0, 0.1) is 16.7 Å². The molecule has 1 rings (SSSR count). The van der Waals surface area contributed by atoms with Crippen molar-refractivity contribution in [3.8, 4) is 6.07 Å². The monoisotopic (exact) mass is 345 g/mol. The molecular weight excluding hydrogens is 326 g/mol. The van der Waals surface area contributed by atoms with Crippen molar-refractivity contribution >= 4 is 29.3 Å². The molecule has 1 aromatic rings. The van der Waals surface area contributed by atoms with Gasteiger partial charge in [-0.15, -0.1) is 0 Å². The molecule has 25 heavy (non-hydrogen) atoms. The van der Waals surface area contributed by atoms with Crippen LogP contribution in [0.2, 0.25) is 0 Å². The van der Waals surface area contributed by atoms with Gasteiger partial charge in [0, 0.05) is 24.1 Å². The molecule has 0 unspecified atom stereocenters. The maximum Gasteiger partial charge on any atom is 0.305 e. The van der Waals surface area contributed by atoms with Gasteiger partial charge in [-0.05, 0) is 24.3 Å². The van der Waals surface area contributed by atoms with Crippen molar-refractivity contribution in [2.45, 2.75) is 31.7 Å². The molecule has 0 aromatic heterocycles. The fraction of sp³-hybridized carbons (Fsp3) is 0.312. The summed E-state index contributed by atoms with van der Waals surface area (Å²) in [7, 11) is 0. The highest BCUT2D eigenvalue weighted by Gasteiger charge is 2.16. The predicted octanol–water partition coefficient (Wildman–Crippen LogP) is 0.563. The van der Waals surface area contributed by atoms with Crippen molar-refractivity contribution in [3.63, 3.8) is 0 Å². The van der Waals surface area contributed by atoms with Gasteiger partial charge in [0.05, 0.1) is 25.0 Å². The molecule has 132 valence electrons. The Morgan fingerprint density at radius 1 is 1.20 bits per heavy atom. The molecule has 1 aromatic carbocycles. The Morgan fingerprint density at radius 2 is 1.80 bits per heavy atom. The number of aliphatic carboxylic acids is 1. The lowest BCUT2D eigenvalue weighted by atomic mass is 10.1. The summed E-state index contributed by atoms with van der Waals surface area (Å²) in [6.07, 6.45) is -0.688. The lowest BCUT2D eigenvalue weighted by Crippen LogP contribution is -2.36. The fourth-order valence-corrected chi connectivity index (χ4v) is 1.98. The Kier molecular flexibility index (Phi) is 7.59. The van der Waals surface area contributed by atoms with Gasteiger partial charge in [-0.2, -0.15) is 5.26 Å². The number of carbonyl (C=O) groups excluding carboxylic acids is 2. The summed E-state index contributed by atoms with van der Waals surface area (Å²) in [5, 5.41) is 29.6. The number of amides is 2. The van der Waals surface area contributed by atoms with Gasteiger partial charge in [-0.25, -0.2) is 0 Å².